The third kappa shape index (κ3) is 0.830. The molecule has 4 atom stereocenters. The highest BCUT2D eigenvalue weighted by Crippen LogP contribution is 2.49. The lowest BCUT2D eigenvalue weighted by Crippen LogP contribution is -2.17. The molecule has 0 heterocycles. The maximum atomic E-state index is 12.8. The van der Waals surface area contributed by atoms with E-state index in [9.17, 15) is 4.39 Å². The minimum Gasteiger partial charge on any atom is -0.247 e. The number of alkyl halides is 2. The third-order valence-corrected chi connectivity index (χ3v) is 3.81. The van der Waals surface area contributed by atoms with Crippen LogP contribution in [0, 0.1) is 11.8 Å². The van der Waals surface area contributed by atoms with Crippen LogP contribution in [-0.4, -0.2) is 11.0 Å². The van der Waals surface area contributed by atoms with E-state index < -0.39 is 6.17 Å². The van der Waals surface area contributed by atoms with Gasteiger partial charge in [0.1, 0.15) is 6.17 Å². The molecule has 2 rings (SSSR count). The van der Waals surface area contributed by atoms with Crippen LogP contribution >= 0.6 is 15.9 Å². The summed E-state index contributed by atoms with van der Waals surface area (Å²) in [5.74, 6) is 1.06. The highest BCUT2D eigenvalue weighted by molar-refractivity contribution is 9.09. The average molecular weight is 193 g/mol. The van der Waals surface area contributed by atoms with E-state index in [-0.39, 0.29) is 0 Å². The summed E-state index contributed by atoms with van der Waals surface area (Å²) >= 11 is 3.56. The van der Waals surface area contributed by atoms with Gasteiger partial charge in [0.25, 0.3) is 0 Å². The number of halogens is 2. The molecule has 0 unspecified atom stereocenters. The number of rotatable bonds is 0. The molecule has 0 saturated heterocycles. The van der Waals surface area contributed by atoms with E-state index in [4.69, 9.17) is 0 Å². The largest absolute Gasteiger partial charge is 0.247 e. The molecule has 2 saturated carbocycles. The smallest absolute Gasteiger partial charge is 0.103 e. The first-order valence-corrected chi connectivity index (χ1v) is 4.47. The Labute approximate surface area is 63.0 Å². The van der Waals surface area contributed by atoms with Gasteiger partial charge in [0.2, 0.25) is 0 Å². The standard InChI is InChI=1S/C7H10BrF/c8-6-2-5-1-4(6)3-7(5)9/h4-7H,1-3H2/t4-,5-,6-,7+/m1/s1. The normalized spacial score (nSPS) is 56.7. The zero-order valence-electron chi connectivity index (χ0n) is 5.19. The quantitative estimate of drug-likeness (QED) is 0.518. The van der Waals surface area contributed by atoms with Gasteiger partial charge in [-0.2, -0.15) is 0 Å². The Morgan fingerprint density at radius 1 is 1.11 bits per heavy atom. The third-order valence-electron chi connectivity index (χ3n) is 2.68. The second-order valence-electron chi connectivity index (χ2n) is 3.26. The Bertz CT molecular complexity index is 108. The first-order chi connectivity index (χ1) is 4.27. The summed E-state index contributed by atoms with van der Waals surface area (Å²) in [5.41, 5.74) is 0. The SMILES string of the molecule is F[C@H]1C[C@H]2C[C@@H]1C[C@H]2Br. The fourth-order valence-electron chi connectivity index (χ4n) is 2.14. The zero-order valence-corrected chi connectivity index (χ0v) is 6.77. The summed E-state index contributed by atoms with van der Waals surface area (Å²) in [6.45, 7) is 0. The lowest BCUT2D eigenvalue weighted by Gasteiger charge is -2.17. The molecular weight excluding hydrogens is 183 g/mol. The van der Waals surface area contributed by atoms with Gasteiger partial charge in [-0.3, -0.25) is 0 Å². The molecule has 0 aromatic rings. The molecule has 2 aliphatic carbocycles. The predicted octanol–water partition coefficient (Wildman–Crippen LogP) is 2.52. The first-order valence-electron chi connectivity index (χ1n) is 3.55. The van der Waals surface area contributed by atoms with Crippen molar-refractivity contribution in [2.45, 2.75) is 30.3 Å². The highest BCUT2D eigenvalue weighted by Gasteiger charge is 2.44. The van der Waals surface area contributed by atoms with Gasteiger partial charge in [-0.05, 0) is 31.1 Å². The molecule has 0 radical (unpaired) electrons. The molecule has 0 spiro atoms. The molecular formula is C7H10BrF. The minimum absolute atomic E-state index is 0.402. The summed E-state index contributed by atoms with van der Waals surface area (Å²) < 4.78 is 12.8. The summed E-state index contributed by atoms with van der Waals surface area (Å²) in [7, 11) is 0. The molecule has 2 aliphatic rings. The number of hydrogen-bond acceptors (Lipinski definition) is 0. The molecule has 0 N–H and O–H groups in total. The van der Waals surface area contributed by atoms with Crippen molar-refractivity contribution in [3.63, 3.8) is 0 Å². The Morgan fingerprint density at radius 2 is 1.89 bits per heavy atom. The molecule has 0 amide bonds. The van der Waals surface area contributed by atoms with Crippen LogP contribution in [-0.2, 0) is 0 Å². The van der Waals surface area contributed by atoms with Crippen molar-refractivity contribution in [1.29, 1.82) is 0 Å². The molecule has 2 bridgehead atoms. The van der Waals surface area contributed by atoms with Crippen LogP contribution in [0.5, 0.6) is 0 Å². The molecule has 52 valence electrons. The van der Waals surface area contributed by atoms with Crippen molar-refractivity contribution in [2.75, 3.05) is 0 Å². The topological polar surface area (TPSA) is 0 Å². The lowest BCUT2D eigenvalue weighted by molar-refractivity contribution is 0.235. The lowest BCUT2D eigenvalue weighted by atomic mass is 9.99. The predicted molar refractivity (Wildman–Crippen MR) is 38.4 cm³/mol. The van der Waals surface area contributed by atoms with Crippen molar-refractivity contribution in [2.24, 2.45) is 11.8 Å². The van der Waals surface area contributed by atoms with Crippen LogP contribution in [0.25, 0.3) is 0 Å². The van der Waals surface area contributed by atoms with Crippen molar-refractivity contribution in [3.8, 4) is 0 Å². The Balaban J connectivity index is 2.10. The van der Waals surface area contributed by atoms with Crippen LogP contribution in [0.1, 0.15) is 19.3 Å². The molecule has 0 aromatic heterocycles. The fraction of sp³-hybridized carbons (Fsp3) is 1.00. The summed E-state index contributed by atoms with van der Waals surface area (Å²) in [4.78, 5) is 0.634. The van der Waals surface area contributed by atoms with Crippen LogP contribution in [0.3, 0.4) is 0 Å². The Morgan fingerprint density at radius 3 is 2.22 bits per heavy atom. The van der Waals surface area contributed by atoms with Gasteiger partial charge in [0, 0.05) is 4.83 Å². The van der Waals surface area contributed by atoms with Crippen LogP contribution in [0.2, 0.25) is 0 Å². The van der Waals surface area contributed by atoms with Gasteiger partial charge in [-0.25, -0.2) is 4.39 Å². The van der Waals surface area contributed by atoms with Gasteiger partial charge in [0.05, 0.1) is 0 Å². The molecule has 2 heteroatoms. The van der Waals surface area contributed by atoms with Crippen molar-refractivity contribution in [3.05, 3.63) is 0 Å². The zero-order chi connectivity index (χ0) is 6.43. The van der Waals surface area contributed by atoms with E-state index in [0.717, 1.165) is 19.3 Å². The van der Waals surface area contributed by atoms with Crippen LogP contribution in [0.4, 0.5) is 4.39 Å². The first kappa shape index (κ1) is 6.14. The Hall–Kier alpha value is 0.410. The second kappa shape index (κ2) is 1.94. The van der Waals surface area contributed by atoms with E-state index in [1.807, 2.05) is 0 Å². The van der Waals surface area contributed by atoms with Crippen molar-refractivity contribution in [1.82, 2.24) is 0 Å². The van der Waals surface area contributed by atoms with Crippen molar-refractivity contribution < 1.29 is 4.39 Å². The minimum atomic E-state index is -0.469. The maximum Gasteiger partial charge on any atom is 0.103 e. The van der Waals surface area contributed by atoms with Gasteiger partial charge < -0.3 is 0 Å². The summed E-state index contributed by atoms with van der Waals surface area (Å²) in [6.07, 6.45) is 2.56. The summed E-state index contributed by atoms with van der Waals surface area (Å²) in [6, 6.07) is 0. The molecule has 2 fully saturated rings. The second-order valence-corrected chi connectivity index (χ2v) is 4.44. The van der Waals surface area contributed by atoms with Gasteiger partial charge in [-0.1, -0.05) is 15.9 Å². The van der Waals surface area contributed by atoms with Gasteiger partial charge in [-0.15, -0.1) is 0 Å². The van der Waals surface area contributed by atoms with Crippen molar-refractivity contribution >= 4 is 15.9 Å². The molecule has 9 heavy (non-hydrogen) atoms. The molecule has 0 nitrogen and oxygen atoms in total. The van der Waals surface area contributed by atoms with E-state index in [1.165, 1.54) is 0 Å². The maximum absolute atomic E-state index is 12.8. The van der Waals surface area contributed by atoms with E-state index >= 15 is 0 Å². The highest BCUT2D eigenvalue weighted by atomic mass is 79.9. The van der Waals surface area contributed by atoms with E-state index in [2.05, 4.69) is 15.9 Å². The summed E-state index contributed by atoms with van der Waals surface area (Å²) in [5, 5.41) is 0. The van der Waals surface area contributed by atoms with Gasteiger partial charge >= 0.3 is 0 Å². The molecule has 0 aromatic carbocycles. The van der Waals surface area contributed by atoms with E-state index in [0.29, 0.717) is 16.7 Å². The molecule has 0 aliphatic heterocycles. The average Bonchev–Trinajstić information content (AvgIpc) is 2.24. The van der Waals surface area contributed by atoms with Crippen LogP contribution in [0.15, 0.2) is 0 Å². The Kier molecular flexibility index (Phi) is 1.33. The number of hydrogen-bond donors (Lipinski definition) is 0. The monoisotopic (exact) mass is 192 g/mol. The number of fused-ring (bicyclic) bond motifs is 2. The van der Waals surface area contributed by atoms with Gasteiger partial charge in [0.15, 0.2) is 0 Å². The van der Waals surface area contributed by atoms with Crippen LogP contribution < -0.4 is 0 Å². The van der Waals surface area contributed by atoms with E-state index in [1.54, 1.807) is 0 Å². The fourth-order valence-corrected chi connectivity index (χ4v) is 3.05.